The van der Waals surface area contributed by atoms with Crippen LogP contribution in [0.1, 0.15) is 31.4 Å². The Morgan fingerprint density at radius 2 is 1.88 bits per heavy atom. The fourth-order valence-electron chi connectivity index (χ4n) is 2.13. The first-order chi connectivity index (χ1) is 12.5. The molecule has 1 amide bonds. The van der Waals surface area contributed by atoms with E-state index >= 15 is 0 Å². The fraction of sp³-hybridized carbons (Fsp3) is 0.238. The maximum atomic E-state index is 12.1. The first-order valence-corrected chi connectivity index (χ1v) is 9.21. The third-order valence-electron chi connectivity index (χ3n) is 3.86. The van der Waals surface area contributed by atoms with Crippen molar-refractivity contribution in [3.05, 3.63) is 69.7 Å². The normalized spacial score (nSPS) is 12.2. The van der Waals surface area contributed by atoms with Gasteiger partial charge in [0.05, 0.1) is 0 Å². The van der Waals surface area contributed by atoms with Gasteiger partial charge in [-0.2, -0.15) is 5.26 Å². The maximum Gasteiger partial charge on any atom is 0.262 e. The van der Waals surface area contributed by atoms with Gasteiger partial charge in [0.2, 0.25) is 0 Å². The van der Waals surface area contributed by atoms with Gasteiger partial charge in [0.1, 0.15) is 24.0 Å². The molecule has 0 spiro atoms. The van der Waals surface area contributed by atoms with Crippen LogP contribution >= 0.6 is 15.9 Å². The van der Waals surface area contributed by atoms with Crippen molar-refractivity contribution in [1.82, 2.24) is 5.32 Å². The average Bonchev–Trinajstić information content (AvgIpc) is 2.66. The minimum Gasteiger partial charge on any atom is -0.489 e. The summed E-state index contributed by atoms with van der Waals surface area (Å²) in [5, 5.41) is 12.0. The Hall–Kier alpha value is -2.58. The molecular formula is C21H21BrN2O2. The van der Waals surface area contributed by atoms with E-state index in [0.717, 1.165) is 27.8 Å². The summed E-state index contributed by atoms with van der Waals surface area (Å²) in [7, 11) is 0. The van der Waals surface area contributed by atoms with E-state index in [1.807, 2.05) is 68.4 Å². The lowest BCUT2D eigenvalue weighted by molar-refractivity contribution is -0.117. The number of nitriles is 1. The summed E-state index contributed by atoms with van der Waals surface area (Å²) in [6.07, 6.45) is 2.39. The van der Waals surface area contributed by atoms with Crippen LogP contribution in [0.25, 0.3) is 6.08 Å². The number of hydrogen-bond acceptors (Lipinski definition) is 3. The van der Waals surface area contributed by atoms with Gasteiger partial charge in [0, 0.05) is 10.5 Å². The third kappa shape index (κ3) is 6.05. The van der Waals surface area contributed by atoms with Gasteiger partial charge < -0.3 is 10.1 Å². The van der Waals surface area contributed by atoms with E-state index in [9.17, 15) is 10.1 Å². The molecule has 2 aromatic rings. The van der Waals surface area contributed by atoms with Crippen LogP contribution in [0.15, 0.2) is 58.6 Å². The second-order valence-corrected chi connectivity index (χ2v) is 6.85. The summed E-state index contributed by atoms with van der Waals surface area (Å²) in [4.78, 5) is 12.1. The lowest BCUT2D eigenvalue weighted by Gasteiger charge is -2.10. The molecule has 0 aliphatic carbocycles. The molecule has 0 bridgehead atoms. The van der Waals surface area contributed by atoms with Crippen LogP contribution in [0, 0.1) is 11.3 Å². The Bertz CT molecular complexity index is 805. The molecule has 0 radical (unpaired) electrons. The van der Waals surface area contributed by atoms with Crippen molar-refractivity contribution in [3.63, 3.8) is 0 Å². The Kier molecular flexibility index (Phi) is 7.43. The zero-order valence-corrected chi connectivity index (χ0v) is 16.4. The molecule has 0 saturated carbocycles. The molecule has 26 heavy (non-hydrogen) atoms. The molecule has 2 aromatic carbocycles. The van der Waals surface area contributed by atoms with Crippen molar-refractivity contribution in [1.29, 1.82) is 5.26 Å². The number of halogens is 1. The molecule has 0 saturated heterocycles. The van der Waals surface area contributed by atoms with Crippen molar-refractivity contribution >= 4 is 27.9 Å². The van der Waals surface area contributed by atoms with Crippen LogP contribution in [-0.2, 0) is 11.4 Å². The Balaban J connectivity index is 2.00. The lowest BCUT2D eigenvalue weighted by Crippen LogP contribution is -2.32. The highest BCUT2D eigenvalue weighted by molar-refractivity contribution is 9.10. The molecule has 0 heterocycles. The standard InChI is InChI=1S/C21H21BrN2O2/c1-3-15(2)24-21(25)18(13-23)12-16-6-10-20(11-7-16)26-14-17-4-8-19(22)9-5-17/h4-12,15H,3,14H2,1-2H3,(H,24,25)/b18-12+/t15-/m0/s1. The maximum absolute atomic E-state index is 12.1. The molecule has 0 aromatic heterocycles. The summed E-state index contributed by atoms with van der Waals surface area (Å²) in [6, 6.07) is 17.2. The number of hydrogen-bond donors (Lipinski definition) is 1. The molecule has 0 aliphatic rings. The second-order valence-electron chi connectivity index (χ2n) is 5.94. The van der Waals surface area contributed by atoms with E-state index in [1.54, 1.807) is 6.08 Å². The summed E-state index contributed by atoms with van der Waals surface area (Å²) in [5.74, 6) is 0.380. The highest BCUT2D eigenvalue weighted by Gasteiger charge is 2.11. The van der Waals surface area contributed by atoms with E-state index in [-0.39, 0.29) is 17.5 Å². The van der Waals surface area contributed by atoms with Crippen LogP contribution < -0.4 is 10.1 Å². The molecule has 5 heteroatoms. The third-order valence-corrected chi connectivity index (χ3v) is 4.39. The predicted molar refractivity (Wildman–Crippen MR) is 106 cm³/mol. The number of benzene rings is 2. The van der Waals surface area contributed by atoms with Crippen molar-refractivity contribution in [2.75, 3.05) is 0 Å². The molecule has 0 fully saturated rings. The molecule has 1 atom stereocenters. The van der Waals surface area contributed by atoms with Crippen LogP contribution in [-0.4, -0.2) is 11.9 Å². The minimum absolute atomic E-state index is 0.0358. The molecule has 2 rings (SSSR count). The highest BCUT2D eigenvalue weighted by Crippen LogP contribution is 2.17. The van der Waals surface area contributed by atoms with Gasteiger partial charge in [0.15, 0.2) is 0 Å². The topological polar surface area (TPSA) is 62.1 Å². The van der Waals surface area contributed by atoms with Gasteiger partial charge in [-0.05, 0) is 54.8 Å². The van der Waals surface area contributed by atoms with Crippen LogP contribution in [0.3, 0.4) is 0 Å². The minimum atomic E-state index is -0.350. The van der Waals surface area contributed by atoms with E-state index in [0.29, 0.717) is 6.61 Å². The Morgan fingerprint density at radius 1 is 1.23 bits per heavy atom. The van der Waals surface area contributed by atoms with Gasteiger partial charge in [-0.15, -0.1) is 0 Å². The largest absolute Gasteiger partial charge is 0.489 e. The number of nitrogens with one attached hydrogen (secondary N) is 1. The van der Waals surface area contributed by atoms with E-state index in [2.05, 4.69) is 21.2 Å². The fourth-order valence-corrected chi connectivity index (χ4v) is 2.39. The zero-order valence-electron chi connectivity index (χ0n) is 14.8. The molecule has 134 valence electrons. The first kappa shape index (κ1) is 19.7. The summed E-state index contributed by atoms with van der Waals surface area (Å²) in [5.41, 5.74) is 1.94. The number of rotatable bonds is 7. The van der Waals surface area contributed by atoms with E-state index in [4.69, 9.17) is 4.74 Å². The Morgan fingerprint density at radius 3 is 2.46 bits per heavy atom. The molecule has 0 aliphatic heterocycles. The first-order valence-electron chi connectivity index (χ1n) is 8.41. The van der Waals surface area contributed by atoms with Gasteiger partial charge in [-0.3, -0.25) is 4.79 Å². The molecular weight excluding hydrogens is 392 g/mol. The lowest BCUT2D eigenvalue weighted by atomic mass is 10.1. The molecule has 1 N–H and O–H groups in total. The van der Waals surface area contributed by atoms with Crippen molar-refractivity contribution in [3.8, 4) is 11.8 Å². The molecule has 0 unspecified atom stereocenters. The van der Waals surface area contributed by atoms with Gasteiger partial charge in [-0.25, -0.2) is 0 Å². The zero-order chi connectivity index (χ0) is 18.9. The second kappa shape index (κ2) is 9.79. The van der Waals surface area contributed by atoms with Gasteiger partial charge in [-0.1, -0.05) is 47.1 Å². The summed E-state index contributed by atoms with van der Waals surface area (Å²) >= 11 is 3.40. The number of ether oxygens (including phenoxy) is 1. The smallest absolute Gasteiger partial charge is 0.262 e. The summed E-state index contributed by atoms with van der Waals surface area (Å²) < 4.78 is 6.78. The highest BCUT2D eigenvalue weighted by atomic mass is 79.9. The number of carbonyl (C=O) groups is 1. The monoisotopic (exact) mass is 412 g/mol. The number of carbonyl (C=O) groups excluding carboxylic acids is 1. The summed E-state index contributed by atoms with van der Waals surface area (Å²) in [6.45, 7) is 4.36. The van der Waals surface area contributed by atoms with Crippen molar-refractivity contribution in [2.24, 2.45) is 0 Å². The van der Waals surface area contributed by atoms with E-state index < -0.39 is 0 Å². The SMILES string of the molecule is CC[C@H](C)NC(=O)/C(C#N)=C/c1ccc(OCc2ccc(Br)cc2)cc1. The number of amides is 1. The Labute approximate surface area is 162 Å². The van der Waals surface area contributed by atoms with Gasteiger partial charge >= 0.3 is 0 Å². The van der Waals surface area contributed by atoms with E-state index in [1.165, 1.54) is 0 Å². The van der Waals surface area contributed by atoms with Crippen LogP contribution in [0.5, 0.6) is 5.75 Å². The number of nitrogens with zero attached hydrogens (tertiary/aromatic N) is 1. The average molecular weight is 413 g/mol. The van der Waals surface area contributed by atoms with Crippen LogP contribution in [0.4, 0.5) is 0 Å². The predicted octanol–water partition coefficient (Wildman–Crippen LogP) is 4.85. The van der Waals surface area contributed by atoms with Gasteiger partial charge in [0.25, 0.3) is 5.91 Å². The van der Waals surface area contributed by atoms with Crippen LogP contribution in [0.2, 0.25) is 0 Å². The van der Waals surface area contributed by atoms with Crippen molar-refractivity contribution < 1.29 is 9.53 Å². The van der Waals surface area contributed by atoms with Crippen molar-refractivity contribution in [2.45, 2.75) is 32.9 Å². The quantitative estimate of drug-likeness (QED) is 0.522. The molecule has 4 nitrogen and oxygen atoms in total.